The molecule has 1 saturated heterocycles. The van der Waals surface area contributed by atoms with Gasteiger partial charge < -0.3 is 10.0 Å². The van der Waals surface area contributed by atoms with Crippen molar-refractivity contribution in [1.29, 1.82) is 0 Å². The fraction of sp³-hybridized carbons (Fsp3) is 0.375. The smallest absolute Gasteiger partial charge is 0.309 e. The Morgan fingerprint density at radius 1 is 1.50 bits per heavy atom. The Bertz CT molecular complexity index is 565. The first-order valence-electron chi connectivity index (χ1n) is 6.66. The second-order valence-corrected chi connectivity index (χ2v) is 5.29. The Morgan fingerprint density at radius 3 is 2.80 bits per heavy atom. The molecule has 1 N–H and O–H groups in total. The molecule has 4 heteroatoms. The Hall–Kier alpha value is -2.10. The van der Waals surface area contributed by atoms with Crippen LogP contribution in [0.1, 0.15) is 29.2 Å². The normalized spacial score (nSPS) is 22.1. The summed E-state index contributed by atoms with van der Waals surface area (Å²) in [4.78, 5) is 25.2. The molecule has 0 aliphatic carbocycles. The average molecular weight is 273 g/mol. The summed E-state index contributed by atoms with van der Waals surface area (Å²) >= 11 is 0. The number of rotatable bonds is 4. The fourth-order valence-electron chi connectivity index (χ4n) is 2.83. The van der Waals surface area contributed by atoms with E-state index in [9.17, 15) is 14.7 Å². The van der Waals surface area contributed by atoms with Gasteiger partial charge in [-0.2, -0.15) is 0 Å². The molecule has 0 aromatic heterocycles. The minimum absolute atomic E-state index is 0.0568. The predicted molar refractivity (Wildman–Crippen MR) is 76.3 cm³/mol. The van der Waals surface area contributed by atoms with Gasteiger partial charge in [0.2, 0.25) is 5.91 Å². The lowest BCUT2D eigenvalue weighted by atomic mass is 9.90. The van der Waals surface area contributed by atoms with E-state index >= 15 is 0 Å². The van der Waals surface area contributed by atoms with Crippen LogP contribution in [0, 0.1) is 19.8 Å². The maximum Gasteiger partial charge on any atom is 0.309 e. The molecule has 2 atom stereocenters. The van der Waals surface area contributed by atoms with Crippen LogP contribution >= 0.6 is 0 Å². The van der Waals surface area contributed by atoms with Gasteiger partial charge in [0.25, 0.3) is 0 Å². The molecule has 106 valence electrons. The molecule has 1 heterocycles. The van der Waals surface area contributed by atoms with Gasteiger partial charge in [0.1, 0.15) is 0 Å². The van der Waals surface area contributed by atoms with E-state index in [0.29, 0.717) is 6.54 Å². The van der Waals surface area contributed by atoms with Gasteiger partial charge in [0, 0.05) is 13.0 Å². The van der Waals surface area contributed by atoms with Gasteiger partial charge in [0.05, 0.1) is 12.0 Å². The number of aliphatic carboxylic acids is 1. The number of benzene rings is 1. The third kappa shape index (κ3) is 2.46. The van der Waals surface area contributed by atoms with Crippen LogP contribution in [0.2, 0.25) is 0 Å². The number of hydrogen-bond donors (Lipinski definition) is 1. The van der Waals surface area contributed by atoms with E-state index < -0.39 is 17.9 Å². The average Bonchev–Trinajstić information content (AvgIpc) is 2.71. The second kappa shape index (κ2) is 5.49. The number of carboxylic acid groups (broad SMARTS) is 1. The highest BCUT2D eigenvalue weighted by atomic mass is 16.4. The maximum absolute atomic E-state index is 12.1. The van der Waals surface area contributed by atoms with Crippen molar-refractivity contribution in [2.24, 2.45) is 5.92 Å². The largest absolute Gasteiger partial charge is 0.481 e. The third-order valence-electron chi connectivity index (χ3n) is 3.83. The monoisotopic (exact) mass is 273 g/mol. The quantitative estimate of drug-likeness (QED) is 0.857. The van der Waals surface area contributed by atoms with Gasteiger partial charge in [0.15, 0.2) is 0 Å². The van der Waals surface area contributed by atoms with Gasteiger partial charge >= 0.3 is 5.97 Å². The molecule has 2 rings (SSSR count). The molecule has 4 nitrogen and oxygen atoms in total. The number of hydrogen-bond acceptors (Lipinski definition) is 2. The molecule has 0 spiro atoms. The standard InChI is InChI=1S/C16H19NO3/c1-4-7-17-14(18)9-13(16(19)20)15(17)12-8-10(2)5-6-11(12)3/h4-6,8,13,15H,1,7,9H2,2-3H3,(H,19,20). The molecular formula is C16H19NO3. The Labute approximate surface area is 118 Å². The van der Waals surface area contributed by atoms with E-state index in [4.69, 9.17) is 0 Å². The van der Waals surface area contributed by atoms with Crippen molar-refractivity contribution in [1.82, 2.24) is 4.90 Å². The molecule has 2 unspecified atom stereocenters. The van der Waals surface area contributed by atoms with Crippen LogP contribution in [0.5, 0.6) is 0 Å². The summed E-state index contributed by atoms with van der Waals surface area (Å²) in [6.45, 7) is 7.94. The number of carbonyl (C=O) groups is 2. The van der Waals surface area contributed by atoms with Crippen LogP contribution in [0.3, 0.4) is 0 Å². The molecule has 1 fully saturated rings. The minimum Gasteiger partial charge on any atom is -0.481 e. The molecule has 1 aliphatic heterocycles. The number of carbonyl (C=O) groups excluding carboxylic acids is 1. The van der Waals surface area contributed by atoms with Gasteiger partial charge in [-0.3, -0.25) is 9.59 Å². The van der Waals surface area contributed by atoms with Crippen molar-refractivity contribution in [3.63, 3.8) is 0 Å². The zero-order valence-corrected chi connectivity index (χ0v) is 11.8. The van der Waals surface area contributed by atoms with Crippen LogP contribution < -0.4 is 0 Å². The lowest BCUT2D eigenvalue weighted by molar-refractivity contribution is -0.142. The summed E-state index contributed by atoms with van der Waals surface area (Å²) in [6.07, 6.45) is 1.70. The lowest BCUT2D eigenvalue weighted by Gasteiger charge is -2.27. The molecular weight excluding hydrogens is 254 g/mol. The SMILES string of the molecule is C=CCN1C(=O)CC(C(=O)O)C1c1cc(C)ccc1C. The number of amides is 1. The van der Waals surface area contributed by atoms with Gasteiger partial charge in [-0.25, -0.2) is 0 Å². The van der Waals surface area contributed by atoms with Crippen molar-refractivity contribution < 1.29 is 14.7 Å². The molecule has 1 aromatic rings. The summed E-state index contributed by atoms with van der Waals surface area (Å²) in [5.74, 6) is -1.73. The summed E-state index contributed by atoms with van der Waals surface area (Å²) in [5.41, 5.74) is 2.99. The van der Waals surface area contributed by atoms with Crippen molar-refractivity contribution in [3.05, 3.63) is 47.5 Å². The van der Waals surface area contributed by atoms with Crippen molar-refractivity contribution in [2.45, 2.75) is 26.3 Å². The highest BCUT2D eigenvalue weighted by Crippen LogP contribution is 2.39. The van der Waals surface area contributed by atoms with E-state index in [1.807, 2.05) is 32.0 Å². The van der Waals surface area contributed by atoms with E-state index in [-0.39, 0.29) is 12.3 Å². The van der Waals surface area contributed by atoms with Crippen LogP contribution in [0.4, 0.5) is 0 Å². The second-order valence-electron chi connectivity index (χ2n) is 5.29. The molecule has 0 radical (unpaired) electrons. The first-order valence-corrected chi connectivity index (χ1v) is 6.66. The van der Waals surface area contributed by atoms with Crippen LogP contribution in [-0.2, 0) is 9.59 Å². The summed E-state index contributed by atoms with van der Waals surface area (Å²) in [7, 11) is 0. The maximum atomic E-state index is 12.1. The van der Waals surface area contributed by atoms with Crippen LogP contribution in [0.15, 0.2) is 30.9 Å². The molecule has 20 heavy (non-hydrogen) atoms. The Morgan fingerprint density at radius 2 is 2.20 bits per heavy atom. The van der Waals surface area contributed by atoms with Crippen LogP contribution in [0.25, 0.3) is 0 Å². The summed E-state index contributed by atoms with van der Waals surface area (Å²) in [6, 6.07) is 5.53. The number of nitrogens with zero attached hydrogens (tertiary/aromatic N) is 1. The van der Waals surface area contributed by atoms with Crippen molar-refractivity contribution >= 4 is 11.9 Å². The Balaban J connectivity index is 2.51. The Kier molecular flexibility index (Phi) is 3.93. The van der Waals surface area contributed by atoms with Crippen molar-refractivity contribution in [3.8, 4) is 0 Å². The van der Waals surface area contributed by atoms with E-state index in [1.165, 1.54) is 0 Å². The zero-order valence-electron chi connectivity index (χ0n) is 11.8. The minimum atomic E-state index is -0.921. The molecule has 1 amide bonds. The van der Waals surface area contributed by atoms with E-state index in [0.717, 1.165) is 16.7 Å². The topological polar surface area (TPSA) is 57.6 Å². The molecule has 0 bridgehead atoms. The zero-order chi connectivity index (χ0) is 14.9. The summed E-state index contributed by atoms with van der Waals surface area (Å²) < 4.78 is 0. The fourth-order valence-corrected chi connectivity index (χ4v) is 2.83. The molecule has 1 aliphatic rings. The van der Waals surface area contributed by atoms with Crippen LogP contribution in [-0.4, -0.2) is 28.4 Å². The highest BCUT2D eigenvalue weighted by Gasteiger charge is 2.44. The predicted octanol–water partition coefficient (Wildman–Crippen LogP) is 2.46. The van der Waals surface area contributed by atoms with Gasteiger partial charge in [-0.05, 0) is 25.0 Å². The van der Waals surface area contributed by atoms with Crippen molar-refractivity contribution in [2.75, 3.05) is 6.54 Å². The highest BCUT2D eigenvalue weighted by molar-refractivity contribution is 5.87. The number of carboxylic acids is 1. The van der Waals surface area contributed by atoms with E-state index in [1.54, 1.807) is 11.0 Å². The first-order chi connectivity index (χ1) is 9.45. The summed E-state index contributed by atoms with van der Waals surface area (Å²) in [5, 5.41) is 9.40. The first kappa shape index (κ1) is 14.3. The third-order valence-corrected chi connectivity index (χ3v) is 3.83. The number of likely N-dealkylation sites (tertiary alicyclic amines) is 1. The van der Waals surface area contributed by atoms with Gasteiger partial charge in [-0.15, -0.1) is 6.58 Å². The number of aryl methyl sites for hydroxylation is 2. The lowest BCUT2D eigenvalue weighted by Crippen LogP contribution is -2.31. The molecule has 1 aromatic carbocycles. The van der Waals surface area contributed by atoms with Gasteiger partial charge in [-0.1, -0.05) is 29.8 Å². The van der Waals surface area contributed by atoms with E-state index in [2.05, 4.69) is 6.58 Å². The molecule has 0 saturated carbocycles.